The quantitative estimate of drug-likeness (QED) is 0.672. The Morgan fingerprint density at radius 1 is 1.16 bits per heavy atom. The summed E-state index contributed by atoms with van der Waals surface area (Å²) in [6.07, 6.45) is 1.53. The zero-order valence-electron chi connectivity index (χ0n) is 18.5. The minimum absolute atomic E-state index is 0.0171. The highest BCUT2D eigenvalue weighted by atomic mass is 16.5. The summed E-state index contributed by atoms with van der Waals surface area (Å²) >= 11 is 0. The van der Waals surface area contributed by atoms with Crippen molar-refractivity contribution in [2.45, 2.75) is 33.2 Å². The monoisotopic (exact) mass is 436 g/mol. The fourth-order valence-electron chi connectivity index (χ4n) is 4.22. The number of carbonyl (C=O) groups excluding carboxylic acids is 3. The van der Waals surface area contributed by atoms with Gasteiger partial charge < -0.3 is 19.3 Å². The van der Waals surface area contributed by atoms with Crippen molar-refractivity contribution >= 4 is 23.5 Å². The topological polar surface area (TPSA) is 76.2 Å². The average molecular weight is 437 g/mol. The fourth-order valence-corrected chi connectivity index (χ4v) is 4.22. The Balaban J connectivity index is 1.45. The smallest absolute Gasteiger partial charge is 0.310 e. The Bertz CT molecular complexity index is 1020. The summed E-state index contributed by atoms with van der Waals surface area (Å²) in [6, 6.07) is 13.1. The average Bonchev–Trinajstić information content (AvgIpc) is 2.81. The molecule has 1 fully saturated rings. The van der Waals surface area contributed by atoms with Crippen LogP contribution in [-0.2, 0) is 20.9 Å². The number of amides is 2. The molecule has 168 valence electrons. The second kappa shape index (κ2) is 9.42. The van der Waals surface area contributed by atoms with Crippen LogP contribution in [0, 0.1) is 12.8 Å². The van der Waals surface area contributed by atoms with E-state index in [0.717, 1.165) is 29.7 Å². The molecule has 0 radical (unpaired) electrons. The maximum atomic E-state index is 13.0. The van der Waals surface area contributed by atoms with E-state index in [0.29, 0.717) is 37.6 Å². The number of benzene rings is 2. The summed E-state index contributed by atoms with van der Waals surface area (Å²) in [5, 5.41) is 0. The summed E-state index contributed by atoms with van der Waals surface area (Å²) in [7, 11) is 0. The Hall–Kier alpha value is -3.35. The lowest BCUT2D eigenvalue weighted by Gasteiger charge is -2.31. The number of hydrogen-bond acceptors (Lipinski definition) is 5. The number of fused-ring (bicyclic) bond motifs is 1. The van der Waals surface area contributed by atoms with Crippen LogP contribution >= 0.6 is 0 Å². The molecule has 0 saturated carbocycles. The molecule has 32 heavy (non-hydrogen) atoms. The normalized spacial score (nSPS) is 18.1. The summed E-state index contributed by atoms with van der Waals surface area (Å²) in [6.45, 7) is 5.55. The first kappa shape index (κ1) is 21.9. The number of aryl methyl sites for hydroxylation is 1. The van der Waals surface area contributed by atoms with Gasteiger partial charge in [0.05, 0.1) is 24.8 Å². The number of nitrogens with zero attached hydrogens (tertiary/aromatic N) is 2. The number of anilines is 1. The zero-order chi connectivity index (χ0) is 22.7. The third-order valence-electron chi connectivity index (χ3n) is 5.93. The number of carbonyl (C=O) groups is 3. The van der Waals surface area contributed by atoms with Crippen molar-refractivity contribution in [3.8, 4) is 5.75 Å². The second-order valence-electron chi connectivity index (χ2n) is 8.28. The first-order valence-corrected chi connectivity index (χ1v) is 11.0. The highest BCUT2D eigenvalue weighted by Crippen LogP contribution is 2.34. The van der Waals surface area contributed by atoms with E-state index in [1.165, 1.54) is 0 Å². The van der Waals surface area contributed by atoms with Crippen LogP contribution in [0.2, 0.25) is 0 Å². The highest BCUT2D eigenvalue weighted by molar-refractivity contribution is 5.98. The van der Waals surface area contributed by atoms with E-state index in [2.05, 4.69) is 0 Å². The lowest BCUT2D eigenvalue weighted by Crippen LogP contribution is -2.42. The molecule has 0 bridgehead atoms. The van der Waals surface area contributed by atoms with E-state index in [4.69, 9.17) is 9.47 Å². The van der Waals surface area contributed by atoms with Crippen LogP contribution in [0.5, 0.6) is 5.75 Å². The first-order chi connectivity index (χ1) is 15.5. The summed E-state index contributed by atoms with van der Waals surface area (Å²) < 4.78 is 10.7. The van der Waals surface area contributed by atoms with E-state index < -0.39 is 0 Å². The maximum absolute atomic E-state index is 13.0. The Morgan fingerprint density at radius 3 is 2.69 bits per heavy atom. The third kappa shape index (κ3) is 4.61. The summed E-state index contributed by atoms with van der Waals surface area (Å²) in [5.41, 5.74) is 3.31. The SMILES string of the molecule is CCOC(=O)C1CCCN(C(=O)c2ccc(CN3C(=O)COc4ccc(C)cc43)cc2)C1. The van der Waals surface area contributed by atoms with Crippen LogP contribution in [-0.4, -0.2) is 49.0 Å². The van der Waals surface area contributed by atoms with Crippen molar-refractivity contribution in [2.75, 3.05) is 31.2 Å². The van der Waals surface area contributed by atoms with E-state index in [1.54, 1.807) is 28.9 Å². The minimum Gasteiger partial charge on any atom is -0.482 e. The van der Waals surface area contributed by atoms with E-state index in [1.807, 2.05) is 37.3 Å². The van der Waals surface area contributed by atoms with Crippen molar-refractivity contribution in [3.63, 3.8) is 0 Å². The van der Waals surface area contributed by atoms with Crippen molar-refractivity contribution in [3.05, 3.63) is 59.2 Å². The van der Waals surface area contributed by atoms with Crippen LogP contribution in [0.4, 0.5) is 5.69 Å². The molecule has 2 aliphatic heterocycles. The lowest BCUT2D eigenvalue weighted by molar-refractivity contribution is -0.149. The van der Waals surface area contributed by atoms with Gasteiger partial charge in [0.2, 0.25) is 0 Å². The fraction of sp³-hybridized carbons (Fsp3) is 0.400. The van der Waals surface area contributed by atoms with E-state index in [-0.39, 0.29) is 30.3 Å². The van der Waals surface area contributed by atoms with Crippen LogP contribution in [0.1, 0.15) is 41.3 Å². The number of hydrogen-bond donors (Lipinski definition) is 0. The summed E-state index contributed by atoms with van der Waals surface area (Å²) in [5.74, 6) is 0.0209. The third-order valence-corrected chi connectivity index (χ3v) is 5.93. The van der Waals surface area contributed by atoms with Gasteiger partial charge in [0.15, 0.2) is 6.61 Å². The molecule has 0 aromatic heterocycles. The van der Waals surface area contributed by atoms with Gasteiger partial charge in [-0.15, -0.1) is 0 Å². The predicted molar refractivity (Wildman–Crippen MR) is 120 cm³/mol. The number of ether oxygens (including phenoxy) is 2. The summed E-state index contributed by atoms with van der Waals surface area (Å²) in [4.78, 5) is 41.0. The molecule has 0 aliphatic carbocycles. The Kier molecular flexibility index (Phi) is 6.44. The standard InChI is InChI=1S/C25H28N2O5/c1-3-31-25(30)20-5-4-12-26(15-20)24(29)19-9-7-18(8-10-19)14-27-21-13-17(2)6-11-22(21)32-16-23(27)28/h6-11,13,20H,3-5,12,14-16H2,1-2H3. The lowest BCUT2D eigenvalue weighted by atomic mass is 9.97. The highest BCUT2D eigenvalue weighted by Gasteiger charge is 2.30. The molecular weight excluding hydrogens is 408 g/mol. The molecular formula is C25H28N2O5. The predicted octanol–water partition coefficient (Wildman–Crippen LogP) is 3.34. The van der Waals surface area contributed by atoms with Gasteiger partial charge >= 0.3 is 5.97 Å². The van der Waals surface area contributed by atoms with E-state index >= 15 is 0 Å². The zero-order valence-corrected chi connectivity index (χ0v) is 18.5. The molecule has 7 nitrogen and oxygen atoms in total. The van der Waals surface area contributed by atoms with Crippen LogP contribution < -0.4 is 9.64 Å². The minimum atomic E-state index is -0.261. The second-order valence-corrected chi connectivity index (χ2v) is 8.28. The molecule has 0 N–H and O–H groups in total. The van der Waals surface area contributed by atoms with Crippen LogP contribution in [0.15, 0.2) is 42.5 Å². The number of rotatable bonds is 5. The van der Waals surface area contributed by atoms with Crippen molar-refractivity contribution in [1.29, 1.82) is 0 Å². The van der Waals surface area contributed by atoms with Gasteiger partial charge in [0.25, 0.3) is 11.8 Å². The molecule has 0 spiro atoms. The van der Waals surface area contributed by atoms with Gasteiger partial charge in [-0.25, -0.2) is 0 Å². The first-order valence-electron chi connectivity index (χ1n) is 11.0. The van der Waals surface area contributed by atoms with Crippen molar-refractivity contribution in [2.24, 2.45) is 5.92 Å². The largest absolute Gasteiger partial charge is 0.482 e. The number of piperidine rings is 1. The van der Waals surface area contributed by atoms with Crippen LogP contribution in [0.25, 0.3) is 0 Å². The Morgan fingerprint density at radius 2 is 1.94 bits per heavy atom. The van der Waals surface area contributed by atoms with E-state index in [9.17, 15) is 14.4 Å². The molecule has 7 heteroatoms. The molecule has 2 aromatic carbocycles. The van der Waals surface area contributed by atoms with Gasteiger partial charge in [-0.1, -0.05) is 18.2 Å². The molecule has 4 rings (SSSR count). The van der Waals surface area contributed by atoms with Crippen molar-refractivity contribution in [1.82, 2.24) is 4.90 Å². The number of esters is 1. The molecule has 2 amide bonds. The van der Waals surface area contributed by atoms with Crippen LogP contribution in [0.3, 0.4) is 0 Å². The van der Waals surface area contributed by atoms with Gasteiger partial charge in [-0.2, -0.15) is 0 Å². The molecule has 2 aliphatic rings. The molecule has 1 atom stereocenters. The van der Waals surface area contributed by atoms with Gasteiger partial charge in [-0.3, -0.25) is 14.4 Å². The molecule has 2 aromatic rings. The van der Waals surface area contributed by atoms with Crippen molar-refractivity contribution < 1.29 is 23.9 Å². The maximum Gasteiger partial charge on any atom is 0.310 e. The van der Waals surface area contributed by atoms with Gasteiger partial charge in [0, 0.05) is 18.7 Å². The molecule has 2 heterocycles. The number of likely N-dealkylation sites (tertiary alicyclic amines) is 1. The van der Waals surface area contributed by atoms with Gasteiger partial charge in [0.1, 0.15) is 5.75 Å². The Labute approximate surface area is 187 Å². The van der Waals surface area contributed by atoms with Gasteiger partial charge in [-0.05, 0) is 62.1 Å². The molecule has 1 saturated heterocycles. The molecule has 1 unspecified atom stereocenters.